The monoisotopic (exact) mass is 507 g/mol. The molecule has 1 aromatic carbocycles. The molecular weight excluding hydrogens is 466 g/mol. The molecule has 3 fully saturated rings. The van der Waals surface area contributed by atoms with Crippen LogP contribution < -0.4 is 10.3 Å². The lowest BCUT2D eigenvalue weighted by Crippen LogP contribution is -2.82. The number of carbonyl (C=O) groups is 1. The maximum atomic E-state index is 14.6. The van der Waals surface area contributed by atoms with E-state index in [9.17, 15) is 4.79 Å². The van der Waals surface area contributed by atoms with Crippen molar-refractivity contribution >= 4 is 17.5 Å². The van der Waals surface area contributed by atoms with Crippen LogP contribution in [0, 0.1) is 11.8 Å². The predicted octanol–water partition coefficient (Wildman–Crippen LogP) is 4.67. The molecule has 192 valence electrons. The largest absolute Gasteiger partial charge is 0.345 e. The number of carbonyl (C=O) groups excluding carboxylic acids is 1. The fraction of sp³-hybridized carbons (Fsp3) is 0.613. The predicted molar refractivity (Wildman–Crippen MR) is 143 cm³/mol. The number of H-pyrrole nitrogens is 1. The number of benzene rings is 1. The maximum Gasteiger partial charge on any atom is 0.273 e. The van der Waals surface area contributed by atoms with Gasteiger partial charge in [-0.1, -0.05) is 56.0 Å². The van der Waals surface area contributed by atoms with E-state index in [1.165, 1.54) is 55.3 Å². The third-order valence-corrected chi connectivity index (χ3v) is 10.3. The summed E-state index contributed by atoms with van der Waals surface area (Å²) in [5.41, 5.74) is 4.01. The normalized spacial score (nSPS) is 31.2. The van der Waals surface area contributed by atoms with Crippen LogP contribution in [0.2, 0.25) is 5.15 Å². The number of aromatic amines is 1. The summed E-state index contributed by atoms with van der Waals surface area (Å²) in [6.45, 7) is 2.84. The van der Waals surface area contributed by atoms with Crippen molar-refractivity contribution in [1.82, 2.24) is 4.90 Å². The van der Waals surface area contributed by atoms with Crippen molar-refractivity contribution < 1.29 is 15.1 Å². The summed E-state index contributed by atoms with van der Waals surface area (Å²) in [5, 5.41) is 3.11. The van der Waals surface area contributed by atoms with Crippen molar-refractivity contribution in [2.45, 2.75) is 88.0 Å². The van der Waals surface area contributed by atoms with Crippen LogP contribution in [0.3, 0.4) is 0 Å². The molecule has 6 rings (SSSR count). The number of hydrogen-bond donors (Lipinski definition) is 1. The molecule has 2 aromatic rings. The van der Waals surface area contributed by atoms with Gasteiger partial charge >= 0.3 is 0 Å². The van der Waals surface area contributed by atoms with Crippen LogP contribution >= 0.6 is 11.6 Å². The minimum Gasteiger partial charge on any atom is -0.345 e. The summed E-state index contributed by atoms with van der Waals surface area (Å²) in [6.07, 6.45) is 13.4. The Morgan fingerprint density at radius 3 is 2.61 bits per heavy atom. The van der Waals surface area contributed by atoms with Crippen LogP contribution in [-0.2, 0) is 16.6 Å². The summed E-state index contributed by atoms with van der Waals surface area (Å²) in [4.78, 5) is 20.4. The lowest BCUT2D eigenvalue weighted by molar-refractivity contribution is -0.640. The summed E-state index contributed by atoms with van der Waals surface area (Å²) < 4.78 is 0. The lowest BCUT2D eigenvalue weighted by atomic mass is 9.65. The number of nitrogens with zero attached hydrogens (tertiary/aromatic N) is 1. The van der Waals surface area contributed by atoms with Crippen LogP contribution in [0.1, 0.15) is 86.9 Å². The Balaban J connectivity index is 1.31. The first-order valence-electron chi connectivity index (χ1n) is 14.5. The average molecular weight is 508 g/mol. The second kappa shape index (κ2) is 10.5. The van der Waals surface area contributed by atoms with E-state index in [1.807, 2.05) is 6.07 Å². The highest BCUT2D eigenvalue weighted by Gasteiger charge is 2.56. The molecule has 3 N–H and O–H groups in total. The van der Waals surface area contributed by atoms with E-state index in [0.29, 0.717) is 28.9 Å². The molecule has 0 bridgehead atoms. The average Bonchev–Trinajstić information content (AvgIpc) is 3.13. The summed E-state index contributed by atoms with van der Waals surface area (Å²) in [5.74, 6) is 1.72. The van der Waals surface area contributed by atoms with E-state index in [4.69, 9.17) is 11.6 Å². The van der Waals surface area contributed by atoms with Crippen LogP contribution in [0.5, 0.6) is 0 Å². The zero-order valence-corrected chi connectivity index (χ0v) is 22.3. The summed E-state index contributed by atoms with van der Waals surface area (Å²) in [7, 11) is 0. The topological polar surface area (TPSA) is 51.1 Å². The third-order valence-electron chi connectivity index (χ3n) is 10.1. The third kappa shape index (κ3) is 4.49. The Bertz CT molecular complexity index is 1070. The van der Waals surface area contributed by atoms with Gasteiger partial charge in [-0.15, -0.1) is 0 Å². The molecule has 2 unspecified atom stereocenters. The number of aromatic nitrogens is 1. The molecule has 4 nitrogen and oxygen atoms in total. The van der Waals surface area contributed by atoms with Crippen LogP contribution in [0.15, 0.2) is 42.5 Å². The molecule has 0 radical (unpaired) electrons. The second-order valence-corrected chi connectivity index (χ2v) is 12.4. The van der Waals surface area contributed by atoms with E-state index in [0.717, 1.165) is 51.7 Å². The molecule has 2 saturated heterocycles. The lowest BCUT2D eigenvalue weighted by Gasteiger charge is -2.46. The Morgan fingerprint density at radius 2 is 1.81 bits per heavy atom. The molecular formula is C31H42ClN3O+2. The molecule has 4 atom stereocenters. The highest BCUT2D eigenvalue weighted by atomic mass is 35.5. The fourth-order valence-electron chi connectivity index (χ4n) is 8.32. The zero-order valence-electron chi connectivity index (χ0n) is 21.6. The highest BCUT2D eigenvalue weighted by Crippen LogP contribution is 2.45. The standard InChI is InChI=1S/C31H40ClN3O/c32-29-15-14-25-27(34-29)13-8-17-31(25)21-33-20-26(31)30(36)35-18-16-24(22-9-6-3-7-10-22)19-28(35)23-11-4-1-2-5-12-23/h3,6-7,9-10,14-15,23-24,26,28,33H,1-2,4-5,8,11-13,16-21H2/p+2/t24?,26-,28?,31-/m0/s1. The van der Waals surface area contributed by atoms with Gasteiger partial charge in [-0.2, -0.15) is 4.98 Å². The van der Waals surface area contributed by atoms with Crippen LogP contribution in [-0.4, -0.2) is 36.5 Å². The van der Waals surface area contributed by atoms with Gasteiger partial charge < -0.3 is 10.2 Å². The molecule has 4 aliphatic rings. The smallest absolute Gasteiger partial charge is 0.273 e. The van der Waals surface area contributed by atoms with Gasteiger partial charge in [0.05, 0.1) is 18.5 Å². The van der Waals surface area contributed by atoms with E-state index in [2.05, 4.69) is 51.6 Å². The number of nitrogens with one attached hydrogen (secondary N) is 1. The van der Waals surface area contributed by atoms with E-state index in [-0.39, 0.29) is 11.3 Å². The Labute approximate surface area is 221 Å². The molecule has 2 aliphatic carbocycles. The van der Waals surface area contributed by atoms with Gasteiger partial charge in [0, 0.05) is 30.6 Å². The van der Waals surface area contributed by atoms with Gasteiger partial charge in [0.25, 0.3) is 5.15 Å². The number of amides is 1. The van der Waals surface area contributed by atoms with Crippen molar-refractivity contribution in [3.63, 3.8) is 0 Å². The van der Waals surface area contributed by atoms with E-state index >= 15 is 0 Å². The van der Waals surface area contributed by atoms with E-state index in [1.54, 1.807) is 0 Å². The minimum absolute atomic E-state index is 0.0595. The second-order valence-electron chi connectivity index (χ2n) is 12.0. The number of hydrogen-bond acceptors (Lipinski definition) is 1. The van der Waals surface area contributed by atoms with Gasteiger partial charge in [-0.25, -0.2) is 0 Å². The maximum absolute atomic E-state index is 14.6. The van der Waals surface area contributed by atoms with Gasteiger partial charge in [-0.05, 0) is 73.6 Å². The number of piperidine rings is 1. The highest BCUT2D eigenvalue weighted by molar-refractivity contribution is 6.28. The number of nitrogens with two attached hydrogens (primary N) is 1. The molecule has 1 saturated carbocycles. The summed E-state index contributed by atoms with van der Waals surface area (Å²) in [6, 6.07) is 15.7. The number of aryl methyl sites for hydroxylation is 1. The molecule has 5 heteroatoms. The van der Waals surface area contributed by atoms with Crippen LogP contribution in [0.25, 0.3) is 0 Å². The Hall–Kier alpha value is -1.91. The van der Waals surface area contributed by atoms with E-state index < -0.39 is 0 Å². The molecule has 3 heterocycles. The zero-order chi connectivity index (χ0) is 24.5. The first-order chi connectivity index (χ1) is 17.7. The van der Waals surface area contributed by atoms with Crippen molar-refractivity contribution in [2.24, 2.45) is 11.8 Å². The van der Waals surface area contributed by atoms with Crippen molar-refractivity contribution in [3.8, 4) is 0 Å². The van der Waals surface area contributed by atoms with Crippen molar-refractivity contribution in [1.29, 1.82) is 0 Å². The van der Waals surface area contributed by atoms with Crippen molar-refractivity contribution in [3.05, 3.63) is 64.4 Å². The first kappa shape index (κ1) is 24.4. The number of fused-ring (bicyclic) bond motifs is 2. The fourth-order valence-corrected chi connectivity index (χ4v) is 8.49. The Kier molecular flexibility index (Phi) is 7.09. The molecule has 1 aromatic heterocycles. The number of rotatable bonds is 3. The molecule has 36 heavy (non-hydrogen) atoms. The summed E-state index contributed by atoms with van der Waals surface area (Å²) >= 11 is 6.34. The SMILES string of the molecule is O=C([C@@H]1C[NH2+]C[C@]12CCCc1[nH+]c(Cl)ccc12)N1CCC(c2ccccc2)CC1C1CCCCCC1. The quantitative estimate of drug-likeness (QED) is 0.476. The Morgan fingerprint density at radius 1 is 1.00 bits per heavy atom. The number of quaternary nitrogens is 1. The number of likely N-dealkylation sites (tertiary alicyclic amines) is 1. The van der Waals surface area contributed by atoms with Crippen molar-refractivity contribution in [2.75, 3.05) is 19.6 Å². The van der Waals surface area contributed by atoms with Gasteiger partial charge in [0.2, 0.25) is 5.91 Å². The molecule has 2 aliphatic heterocycles. The minimum atomic E-state index is -0.0595. The van der Waals surface area contributed by atoms with Gasteiger partial charge in [0.1, 0.15) is 5.92 Å². The molecule has 1 amide bonds. The number of pyridine rings is 1. The number of halogens is 1. The first-order valence-corrected chi connectivity index (χ1v) is 14.9. The molecule has 1 spiro atoms. The van der Waals surface area contributed by atoms with Gasteiger partial charge in [-0.3, -0.25) is 4.79 Å². The van der Waals surface area contributed by atoms with Crippen LogP contribution in [0.4, 0.5) is 0 Å². The van der Waals surface area contributed by atoms with Gasteiger partial charge in [0.15, 0.2) is 5.69 Å².